The van der Waals surface area contributed by atoms with Crippen LogP contribution in [0.1, 0.15) is 16.7 Å². The molecule has 2 amide bonds. The molecule has 0 bridgehead atoms. The summed E-state index contributed by atoms with van der Waals surface area (Å²) in [5.41, 5.74) is 2.91. The standard InChI is InChI=1S/C18H21FN2O2/c1-13-6-4-5-7-15(13)11-20-18(22)21(2)12-14-8-9-17(23-3)16(19)10-14/h4-10H,11-12H2,1-3H3,(H,20,22). The number of urea groups is 1. The number of nitrogens with one attached hydrogen (secondary N) is 1. The van der Waals surface area contributed by atoms with Crippen molar-refractivity contribution in [2.45, 2.75) is 20.0 Å². The van der Waals surface area contributed by atoms with Gasteiger partial charge in [-0.3, -0.25) is 0 Å². The smallest absolute Gasteiger partial charge is 0.317 e. The number of aryl methyl sites for hydroxylation is 1. The van der Waals surface area contributed by atoms with Crippen molar-refractivity contribution in [3.8, 4) is 5.75 Å². The molecule has 0 saturated carbocycles. The molecule has 4 nitrogen and oxygen atoms in total. The number of halogens is 1. The Hall–Kier alpha value is -2.56. The van der Waals surface area contributed by atoms with Crippen molar-refractivity contribution in [1.82, 2.24) is 10.2 Å². The Morgan fingerprint density at radius 1 is 1.26 bits per heavy atom. The predicted molar refractivity (Wildman–Crippen MR) is 87.8 cm³/mol. The zero-order chi connectivity index (χ0) is 16.8. The zero-order valence-electron chi connectivity index (χ0n) is 13.6. The highest BCUT2D eigenvalue weighted by atomic mass is 19.1. The lowest BCUT2D eigenvalue weighted by Gasteiger charge is -2.19. The molecule has 122 valence electrons. The summed E-state index contributed by atoms with van der Waals surface area (Å²) in [6.07, 6.45) is 0. The van der Waals surface area contributed by atoms with Crippen LogP contribution in [-0.2, 0) is 13.1 Å². The van der Waals surface area contributed by atoms with E-state index in [4.69, 9.17) is 4.74 Å². The number of benzene rings is 2. The van der Waals surface area contributed by atoms with Crippen LogP contribution in [0.3, 0.4) is 0 Å². The van der Waals surface area contributed by atoms with Gasteiger partial charge in [0.1, 0.15) is 0 Å². The number of methoxy groups -OCH3 is 1. The van der Waals surface area contributed by atoms with Gasteiger partial charge in [0.05, 0.1) is 7.11 Å². The summed E-state index contributed by atoms with van der Waals surface area (Å²) >= 11 is 0. The number of carbonyl (C=O) groups excluding carboxylic acids is 1. The van der Waals surface area contributed by atoms with Crippen LogP contribution in [0, 0.1) is 12.7 Å². The number of hydrogen-bond donors (Lipinski definition) is 1. The minimum atomic E-state index is -0.432. The van der Waals surface area contributed by atoms with E-state index < -0.39 is 5.82 Å². The normalized spacial score (nSPS) is 10.3. The average molecular weight is 316 g/mol. The molecule has 0 spiro atoms. The van der Waals surface area contributed by atoms with Crippen molar-refractivity contribution in [3.05, 3.63) is 65.0 Å². The Morgan fingerprint density at radius 2 is 2.00 bits per heavy atom. The maximum absolute atomic E-state index is 13.7. The molecule has 0 aliphatic heterocycles. The average Bonchev–Trinajstić information content (AvgIpc) is 2.54. The van der Waals surface area contributed by atoms with Gasteiger partial charge in [-0.25, -0.2) is 9.18 Å². The van der Waals surface area contributed by atoms with Crippen LogP contribution in [0.5, 0.6) is 5.75 Å². The van der Waals surface area contributed by atoms with Gasteiger partial charge in [-0.15, -0.1) is 0 Å². The molecule has 1 N–H and O–H groups in total. The molecule has 0 aromatic heterocycles. The lowest BCUT2D eigenvalue weighted by molar-refractivity contribution is 0.206. The molecule has 0 saturated heterocycles. The van der Waals surface area contributed by atoms with Crippen molar-refractivity contribution in [3.63, 3.8) is 0 Å². The first kappa shape index (κ1) is 16.8. The fraction of sp³-hybridized carbons (Fsp3) is 0.278. The zero-order valence-corrected chi connectivity index (χ0v) is 13.6. The van der Waals surface area contributed by atoms with E-state index in [1.165, 1.54) is 18.1 Å². The summed E-state index contributed by atoms with van der Waals surface area (Å²) in [5, 5.41) is 2.87. The highest BCUT2D eigenvalue weighted by Gasteiger charge is 2.11. The second-order valence-electron chi connectivity index (χ2n) is 5.41. The third kappa shape index (κ3) is 4.45. The minimum Gasteiger partial charge on any atom is -0.494 e. The number of hydrogen-bond acceptors (Lipinski definition) is 2. The van der Waals surface area contributed by atoms with Crippen molar-refractivity contribution in [1.29, 1.82) is 0 Å². The van der Waals surface area contributed by atoms with Crippen molar-refractivity contribution < 1.29 is 13.9 Å². The third-order valence-corrected chi connectivity index (χ3v) is 3.67. The summed E-state index contributed by atoms with van der Waals surface area (Å²) in [7, 11) is 3.10. The van der Waals surface area contributed by atoms with E-state index in [2.05, 4.69) is 5.32 Å². The largest absolute Gasteiger partial charge is 0.494 e. The fourth-order valence-corrected chi connectivity index (χ4v) is 2.27. The Balaban J connectivity index is 1.92. The maximum Gasteiger partial charge on any atom is 0.317 e. The SMILES string of the molecule is COc1ccc(CN(C)C(=O)NCc2ccccc2C)cc1F. The number of nitrogens with zero attached hydrogens (tertiary/aromatic N) is 1. The van der Waals surface area contributed by atoms with E-state index in [0.717, 1.165) is 11.1 Å². The summed E-state index contributed by atoms with van der Waals surface area (Å²) in [4.78, 5) is 13.6. The Kier molecular flexibility index (Phi) is 5.57. The van der Waals surface area contributed by atoms with Gasteiger partial charge in [0.2, 0.25) is 0 Å². The molecule has 0 aliphatic rings. The molecule has 0 radical (unpaired) electrons. The Labute approximate surface area is 135 Å². The third-order valence-electron chi connectivity index (χ3n) is 3.67. The summed E-state index contributed by atoms with van der Waals surface area (Å²) in [5.74, 6) is -0.237. The first-order chi connectivity index (χ1) is 11.0. The number of rotatable bonds is 5. The van der Waals surface area contributed by atoms with Crippen LogP contribution >= 0.6 is 0 Å². The predicted octanol–water partition coefficient (Wildman–Crippen LogP) is 3.48. The first-order valence-corrected chi connectivity index (χ1v) is 7.37. The lowest BCUT2D eigenvalue weighted by atomic mass is 10.1. The Bertz CT molecular complexity index is 688. The quantitative estimate of drug-likeness (QED) is 0.917. The topological polar surface area (TPSA) is 41.6 Å². The van der Waals surface area contributed by atoms with Crippen LogP contribution in [0.15, 0.2) is 42.5 Å². The summed E-state index contributed by atoms with van der Waals surface area (Å²) < 4.78 is 18.6. The van der Waals surface area contributed by atoms with E-state index in [-0.39, 0.29) is 11.8 Å². The van der Waals surface area contributed by atoms with E-state index in [1.807, 2.05) is 31.2 Å². The van der Waals surface area contributed by atoms with Gasteiger partial charge in [-0.2, -0.15) is 0 Å². The molecule has 0 fully saturated rings. The number of amides is 2. The molecule has 5 heteroatoms. The van der Waals surface area contributed by atoms with Crippen LogP contribution in [0.25, 0.3) is 0 Å². The first-order valence-electron chi connectivity index (χ1n) is 7.37. The molecular weight excluding hydrogens is 295 g/mol. The monoisotopic (exact) mass is 316 g/mol. The fourth-order valence-electron chi connectivity index (χ4n) is 2.27. The molecule has 0 atom stereocenters. The molecular formula is C18H21FN2O2. The van der Waals surface area contributed by atoms with E-state index in [1.54, 1.807) is 19.2 Å². The van der Waals surface area contributed by atoms with Crippen molar-refractivity contribution >= 4 is 6.03 Å². The Morgan fingerprint density at radius 3 is 2.65 bits per heavy atom. The van der Waals surface area contributed by atoms with E-state index in [9.17, 15) is 9.18 Å². The van der Waals surface area contributed by atoms with Gasteiger partial charge < -0.3 is 15.0 Å². The van der Waals surface area contributed by atoms with E-state index in [0.29, 0.717) is 18.7 Å². The van der Waals surface area contributed by atoms with Crippen LogP contribution in [0.4, 0.5) is 9.18 Å². The number of carbonyl (C=O) groups is 1. The highest BCUT2D eigenvalue weighted by molar-refractivity contribution is 5.73. The van der Waals surface area contributed by atoms with Crippen LogP contribution in [-0.4, -0.2) is 25.1 Å². The molecule has 0 aliphatic carbocycles. The van der Waals surface area contributed by atoms with Gasteiger partial charge in [0.25, 0.3) is 0 Å². The maximum atomic E-state index is 13.7. The summed E-state index contributed by atoms with van der Waals surface area (Å²) in [6, 6.07) is 12.4. The van der Waals surface area contributed by atoms with Crippen molar-refractivity contribution in [2.75, 3.05) is 14.2 Å². The molecule has 23 heavy (non-hydrogen) atoms. The number of ether oxygens (including phenoxy) is 1. The molecule has 2 rings (SSSR count). The second-order valence-corrected chi connectivity index (χ2v) is 5.41. The van der Waals surface area contributed by atoms with E-state index >= 15 is 0 Å². The van der Waals surface area contributed by atoms with Gasteiger partial charge in [0.15, 0.2) is 11.6 Å². The van der Waals surface area contributed by atoms with Gasteiger partial charge in [-0.05, 0) is 35.7 Å². The lowest BCUT2D eigenvalue weighted by Crippen LogP contribution is -2.36. The molecule has 0 unspecified atom stereocenters. The van der Waals surface area contributed by atoms with Crippen LogP contribution in [0.2, 0.25) is 0 Å². The van der Waals surface area contributed by atoms with Gasteiger partial charge in [-0.1, -0.05) is 30.3 Å². The molecule has 0 heterocycles. The van der Waals surface area contributed by atoms with Gasteiger partial charge >= 0.3 is 6.03 Å². The second kappa shape index (κ2) is 7.63. The summed E-state index contributed by atoms with van der Waals surface area (Å²) in [6.45, 7) is 2.79. The van der Waals surface area contributed by atoms with Gasteiger partial charge in [0, 0.05) is 20.1 Å². The molecule has 2 aromatic rings. The minimum absolute atomic E-state index is 0.195. The van der Waals surface area contributed by atoms with Crippen molar-refractivity contribution in [2.24, 2.45) is 0 Å². The highest BCUT2D eigenvalue weighted by Crippen LogP contribution is 2.18. The molecule has 2 aromatic carbocycles. The van der Waals surface area contributed by atoms with Crippen LogP contribution < -0.4 is 10.1 Å².